The SMILES string of the molecule is C=Cc1cc(C(F)(F)F)nc2c1c(=O)[nH]c(=O)n2-c1cccnc1C. The van der Waals surface area contributed by atoms with E-state index in [0.717, 1.165) is 16.7 Å². The number of nitrogens with zero attached hydrogens (tertiary/aromatic N) is 3. The quantitative estimate of drug-likeness (QED) is 0.771. The summed E-state index contributed by atoms with van der Waals surface area (Å²) in [6.45, 7) is 5.02. The smallest absolute Gasteiger partial charge is 0.273 e. The average molecular weight is 348 g/mol. The van der Waals surface area contributed by atoms with Crippen LogP contribution < -0.4 is 11.2 Å². The topological polar surface area (TPSA) is 80.6 Å². The van der Waals surface area contributed by atoms with Crippen molar-refractivity contribution in [3.63, 3.8) is 0 Å². The van der Waals surface area contributed by atoms with Crippen LogP contribution in [-0.4, -0.2) is 19.5 Å². The molecule has 0 aliphatic rings. The Morgan fingerprint density at radius 1 is 1.32 bits per heavy atom. The predicted octanol–water partition coefficient (Wildman–Crippen LogP) is 2.44. The molecule has 0 spiro atoms. The Bertz CT molecular complexity index is 1110. The normalized spacial score (nSPS) is 11.7. The van der Waals surface area contributed by atoms with Gasteiger partial charge in [-0.15, -0.1) is 0 Å². The van der Waals surface area contributed by atoms with Crippen LogP contribution in [0.25, 0.3) is 22.8 Å². The summed E-state index contributed by atoms with van der Waals surface area (Å²) in [5.41, 5.74) is -2.85. The molecule has 0 fully saturated rings. The Hall–Kier alpha value is -3.23. The van der Waals surface area contributed by atoms with Gasteiger partial charge in [0.15, 0.2) is 5.65 Å². The minimum absolute atomic E-state index is 0.0751. The van der Waals surface area contributed by atoms with Gasteiger partial charge < -0.3 is 0 Å². The van der Waals surface area contributed by atoms with E-state index in [4.69, 9.17) is 0 Å². The summed E-state index contributed by atoms with van der Waals surface area (Å²) in [5, 5.41) is -0.161. The first-order valence-corrected chi connectivity index (χ1v) is 7.05. The summed E-state index contributed by atoms with van der Waals surface area (Å²) in [6, 6.07) is 3.74. The third-order valence-electron chi connectivity index (χ3n) is 3.62. The van der Waals surface area contributed by atoms with Gasteiger partial charge in [-0.3, -0.25) is 14.8 Å². The molecule has 0 amide bonds. The van der Waals surface area contributed by atoms with Crippen LogP contribution in [0.2, 0.25) is 0 Å². The van der Waals surface area contributed by atoms with Crippen LogP contribution in [0.4, 0.5) is 13.2 Å². The Morgan fingerprint density at radius 2 is 2.04 bits per heavy atom. The number of hydrogen-bond acceptors (Lipinski definition) is 4. The third-order valence-corrected chi connectivity index (χ3v) is 3.62. The third kappa shape index (κ3) is 2.73. The number of rotatable bonds is 2. The number of aromatic amines is 1. The fourth-order valence-electron chi connectivity index (χ4n) is 2.50. The van der Waals surface area contributed by atoms with Gasteiger partial charge in [-0.1, -0.05) is 12.7 Å². The van der Waals surface area contributed by atoms with E-state index >= 15 is 0 Å². The van der Waals surface area contributed by atoms with Crippen molar-refractivity contribution in [2.45, 2.75) is 13.1 Å². The molecule has 3 heterocycles. The molecule has 0 aromatic carbocycles. The molecule has 0 bridgehead atoms. The van der Waals surface area contributed by atoms with E-state index in [1.165, 1.54) is 18.3 Å². The zero-order valence-corrected chi connectivity index (χ0v) is 12.9. The molecule has 1 N–H and O–H groups in total. The average Bonchev–Trinajstić information content (AvgIpc) is 2.54. The molecular formula is C16H11F3N4O2. The second-order valence-corrected chi connectivity index (χ2v) is 5.20. The molecule has 0 radical (unpaired) electrons. The number of alkyl halides is 3. The van der Waals surface area contributed by atoms with Crippen molar-refractivity contribution in [1.29, 1.82) is 0 Å². The molecule has 3 aromatic heterocycles. The summed E-state index contributed by atoms with van der Waals surface area (Å²) < 4.78 is 40.4. The molecule has 0 atom stereocenters. The van der Waals surface area contributed by atoms with E-state index in [2.05, 4.69) is 21.5 Å². The first-order chi connectivity index (χ1) is 11.7. The maximum atomic E-state index is 13.2. The van der Waals surface area contributed by atoms with Gasteiger partial charge in [0.1, 0.15) is 5.69 Å². The van der Waals surface area contributed by atoms with Gasteiger partial charge >= 0.3 is 11.9 Å². The minimum atomic E-state index is -4.75. The molecular weight excluding hydrogens is 337 g/mol. The van der Waals surface area contributed by atoms with Crippen LogP contribution in [0.15, 0.2) is 40.6 Å². The standard InChI is InChI=1S/C16H11F3N4O2/c1-3-9-7-11(16(17,18)19)21-13-12(9)14(24)22-15(25)23(13)10-5-4-6-20-8(10)2/h3-7H,1H2,2H3,(H,22,24,25). The zero-order valence-electron chi connectivity index (χ0n) is 12.9. The summed E-state index contributed by atoms with van der Waals surface area (Å²) in [7, 11) is 0. The van der Waals surface area contributed by atoms with Gasteiger partial charge in [0.05, 0.1) is 16.8 Å². The van der Waals surface area contributed by atoms with Crippen LogP contribution in [-0.2, 0) is 6.18 Å². The van der Waals surface area contributed by atoms with Crippen molar-refractivity contribution in [2.75, 3.05) is 0 Å². The Kier molecular flexibility index (Phi) is 3.78. The number of fused-ring (bicyclic) bond motifs is 1. The summed E-state index contributed by atoms with van der Waals surface area (Å²) in [6.07, 6.45) is -2.17. The highest BCUT2D eigenvalue weighted by Crippen LogP contribution is 2.30. The molecule has 0 aliphatic carbocycles. The lowest BCUT2D eigenvalue weighted by Gasteiger charge is -2.14. The van der Waals surface area contributed by atoms with Crippen molar-refractivity contribution in [3.05, 3.63) is 68.8 Å². The molecule has 0 saturated heterocycles. The lowest BCUT2D eigenvalue weighted by molar-refractivity contribution is -0.141. The second-order valence-electron chi connectivity index (χ2n) is 5.20. The van der Waals surface area contributed by atoms with Gasteiger partial charge in [-0.25, -0.2) is 14.3 Å². The fraction of sp³-hybridized carbons (Fsp3) is 0.125. The van der Waals surface area contributed by atoms with Crippen molar-refractivity contribution in [2.24, 2.45) is 0 Å². The van der Waals surface area contributed by atoms with Crippen LogP contribution in [0.3, 0.4) is 0 Å². The fourth-order valence-corrected chi connectivity index (χ4v) is 2.50. The number of halogens is 3. The highest BCUT2D eigenvalue weighted by Gasteiger charge is 2.34. The second kappa shape index (κ2) is 5.69. The highest BCUT2D eigenvalue weighted by molar-refractivity contribution is 5.85. The van der Waals surface area contributed by atoms with E-state index in [1.807, 2.05) is 0 Å². The Balaban J connectivity index is 2.58. The number of aromatic nitrogens is 4. The maximum Gasteiger partial charge on any atom is 0.433 e. The summed E-state index contributed by atoms with van der Waals surface area (Å²) in [4.78, 5) is 34.1. The van der Waals surface area contributed by atoms with Gasteiger partial charge in [0.25, 0.3) is 5.56 Å². The highest BCUT2D eigenvalue weighted by atomic mass is 19.4. The van der Waals surface area contributed by atoms with E-state index in [0.29, 0.717) is 5.69 Å². The van der Waals surface area contributed by atoms with Crippen LogP contribution in [0.5, 0.6) is 0 Å². The molecule has 3 rings (SSSR count). The molecule has 9 heteroatoms. The number of pyridine rings is 2. The Labute approximate surface area is 138 Å². The van der Waals surface area contributed by atoms with Gasteiger partial charge in [-0.05, 0) is 30.7 Å². The van der Waals surface area contributed by atoms with Gasteiger partial charge in [0.2, 0.25) is 0 Å². The molecule has 25 heavy (non-hydrogen) atoms. The lowest BCUT2D eigenvalue weighted by Crippen LogP contribution is -2.31. The van der Waals surface area contributed by atoms with Gasteiger partial charge in [-0.2, -0.15) is 13.2 Å². The van der Waals surface area contributed by atoms with E-state index in [1.54, 1.807) is 6.92 Å². The van der Waals surface area contributed by atoms with Crippen LogP contribution in [0.1, 0.15) is 17.0 Å². The van der Waals surface area contributed by atoms with Crippen molar-refractivity contribution in [1.82, 2.24) is 19.5 Å². The van der Waals surface area contributed by atoms with Crippen molar-refractivity contribution < 1.29 is 13.2 Å². The molecule has 0 unspecified atom stereocenters. The molecule has 0 saturated carbocycles. The van der Waals surface area contributed by atoms with E-state index in [9.17, 15) is 22.8 Å². The summed E-state index contributed by atoms with van der Waals surface area (Å²) in [5.74, 6) is 0. The van der Waals surface area contributed by atoms with Crippen molar-refractivity contribution >= 4 is 17.1 Å². The van der Waals surface area contributed by atoms with Gasteiger partial charge in [0, 0.05) is 6.20 Å². The van der Waals surface area contributed by atoms with Crippen LogP contribution in [0, 0.1) is 6.92 Å². The molecule has 3 aromatic rings. The maximum absolute atomic E-state index is 13.2. The van der Waals surface area contributed by atoms with E-state index < -0.39 is 28.8 Å². The molecule has 6 nitrogen and oxygen atoms in total. The number of aryl methyl sites for hydroxylation is 1. The number of H-pyrrole nitrogens is 1. The minimum Gasteiger partial charge on any atom is -0.273 e. The first kappa shape index (κ1) is 16.6. The number of nitrogens with one attached hydrogen (secondary N) is 1. The molecule has 0 aliphatic heterocycles. The Morgan fingerprint density at radius 3 is 2.64 bits per heavy atom. The summed E-state index contributed by atoms with van der Waals surface area (Å²) >= 11 is 0. The lowest BCUT2D eigenvalue weighted by atomic mass is 10.1. The molecule has 128 valence electrons. The van der Waals surface area contributed by atoms with Crippen LogP contribution >= 0.6 is 0 Å². The largest absolute Gasteiger partial charge is 0.433 e. The monoisotopic (exact) mass is 348 g/mol. The predicted molar refractivity (Wildman–Crippen MR) is 85.6 cm³/mol. The van der Waals surface area contributed by atoms with E-state index in [-0.39, 0.29) is 16.6 Å². The number of hydrogen-bond donors (Lipinski definition) is 1. The first-order valence-electron chi connectivity index (χ1n) is 7.05. The van der Waals surface area contributed by atoms with Crippen molar-refractivity contribution in [3.8, 4) is 5.69 Å². The zero-order chi connectivity index (χ0) is 18.4.